The Kier molecular flexibility index (Phi) is 4.42. The molecule has 0 aromatic carbocycles. The van der Waals surface area contributed by atoms with Gasteiger partial charge in [-0.15, -0.1) is 0 Å². The van der Waals surface area contributed by atoms with E-state index in [0.717, 1.165) is 38.7 Å². The molecular formula is C14H24N2O. The average molecular weight is 236 g/mol. The quantitative estimate of drug-likeness (QED) is 0.721. The van der Waals surface area contributed by atoms with Gasteiger partial charge in [0, 0.05) is 19.1 Å². The van der Waals surface area contributed by atoms with Crippen LogP contribution < -0.4 is 5.32 Å². The number of hydrogen-bond donors (Lipinski definition) is 1. The molecule has 3 heteroatoms. The number of rotatable bonds is 6. The lowest BCUT2D eigenvalue weighted by Gasteiger charge is -2.36. The normalized spacial score (nSPS) is 33.3. The minimum Gasteiger partial charge on any atom is -0.378 e. The van der Waals surface area contributed by atoms with Crippen molar-refractivity contribution in [3.8, 4) is 6.07 Å². The molecule has 17 heavy (non-hydrogen) atoms. The molecule has 0 spiro atoms. The van der Waals surface area contributed by atoms with E-state index < -0.39 is 0 Å². The molecule has 0 saturated heterocycles. The van der Waals surface area contributed by atoms with E-state index in [-0.39, 0.29) is 5.54 Å². The smallest absolute Gasteiger partial charge is 0.109 e. The van der Waals surface area contributed by atoms with Crippen LogP contribution >= 0.6 is 0 Å². The second kappa shape index (κ2) is 5.84. The minimum absolute atomic E-state index is 0.293. The molecule has 0 radical (unpaired) electrons. The first kappa shape index (κ1) is 12.9. The lowest BCUT2D eigenvalue weighted by atomic mass is 9.81. The zero-order valence-electron chi connectivity index (χ0n) is 10.9. The summed E-state index contributed by atoms with van der Waals surface area (Å²) in [6.45, 7) is 3.03. The van der Waals surface area contributed by atoms with E-state index in [4.69, 9.17) is 4.74 Å². The van der Waals surface area contributed by atoms with E-state index in [1.54, 1.807) is 0 Å². The monoisotopic (exact) mass is 236 g/mol. The van der Waals surface area contributed by atoms with Crippen molar-refractivity contribution in [3.05, 3.63) is 0 Å². The number of nitrogens with one attached hydrogen (secondary N) is 1. The van der Waals surface area contributed by atoms with Gasteiger partial charge in [0.05, 0.1) is 12.2 Å². The number of nitrogens with zero attached hydrogens (tertiary/aromatic N) is 1. The van der Waals surface area contributed by atoms with Gasteiger partial charge in [0.1, 0.15) is 5.54 Å². The standard InChI is InChI=1S/C14H24N2O/c1-2-3-9-17-13-5-4-8-14(10-13,11-15)16-12-6-7-12/h12-13,16H,2-10H2,1H3. The van der Waals surface area contributed by atoms with Crippen LogP contribution in [-0.2, 0) is 4.74 Å². The third kappa shape index (κ3) is 3.69. The van der Waals surface area contributed by atoms with Gasteiger partial charge < -0.3 is 4.74 Å². The third-order valence-electron chi connectivity index (χ3n) is 3.83. The molecule has 96 valence electrons. The summed E-state index contributed by atoms with van der Waals surface area (Å²) < 4.78 is 5.89. The van der Waals surface area contributed by atoms with Crippen molar-refractivity contribution < 1.29 is 4.74 Å². The third-order valence-corrected chi connectivity index (χ3v) is 3.83. The molecule has 0 aromatic heterocycles. The van der Waals surface area contributed by atoms with Crippen molar-refractivity contribution in [1.82, 2.24) is 5.32 Å². The molecule has 2 unspecified atom stereocenters. The zero-order chi connectivity index (χ0) is 12.1. The molecule has 2 fully saturated rings. The van der Waals surface area contributed by atoms with Crippen LogP contribution in [0, 0.1) is 11.3 Å². The molecule has 0 bridgehead atoms. The predicted molar refractivity (Wildman–Crippen MR) is 67.6 cm³/mol. The number of nitriles is 1. The Morgan fingerprint density at radius 2 is 2.24 bits per heavy atom. The van der Waals surface area contributed by atoms with Crippen LogP contribution in [0.15, 0.2) is 0 Å². The van der Waals surface area contributed by atoms with Gasteiger partial charge in [0.25, 0.3) is 0 Å². The largest absolute Gasteiger partial charge is 0.378 e. The van der Waals surface area contributed by atoms with Gasteiger partial charge >= 0.3 is 0 Å². The van der Waals surface area contributed by atoms with Gasteiger partial charge in [-0.2, -0.15) is 5.26 Å². The topological polar surface area (TPSA) is 45.0 Å². The average Bonchev–Trinajstić information content (AvgIpc) is 3.14. The summed E-state index contributed by atoms with van der Waals surface area (Å²) in [4.78, 5) is 0. The zero-order valence-corrected chi connectivity index (χ0v) is 10.9. The predicted octanol–water partition coefficient (Wildman–Crippen LogP) is 2.76. The number of hydrogen-bond acceptors (Lipinski definition) is 3. The molecule has 0 amide bonds. The molecule has 2 rings (SSSR count). The van der Waals surface area contributed by atoms with Crippen LogP contribution in [0.25, 0.3) is 0 Å². The second-order valence-corrected chi connectivity index (χ2v) is 5.56. The molecule has 2 aliphatic rings. The maximum absolute atomic E-state index is 9.44. The summed E-state index contributed by atoms with van der Waals surface area (Å²) in [7, 11) is 0. The summed E-state index contributed by atoms with van der Waals surface area (Å²) in [5.41, 5.74) is -0.295. The first-order valence-corrected chi connectivity index (χ1v) is 7.08. The summed E-state index contributed by atoms with van der Waals surface area (Å²) in [6, 6.07) is 3.12. The van der Waals surface area contributed by atoms with E-state index >= 15 is 0 Å². The van der Waals surface area contributed by atoms with Crippen molar-refractivity contribution in [2.45, 2.75) is 76.0 Å². The highest BCUT2D eigenvalue weighted by Gasteiger charge is 2.40. The molecule has 3 nitrogen and oxygen atoms in total. The lowest BCUT2D eigenvalue weighted by molar-refractivity contribution is 0.00753. The summed E-state index contributed by atoms with van der Waals surface area (Å²) in [6.07, 6.45) is 9.19. The van der Waals surface area contributed by atoms with Gasteiger partial charge in [-0.1, -0.05) is 13.3 Å². The Morgan fingerprint density at radius 3 is 2.88 bits per heavy atom. The highest BCUT2D eigenvalue weighted by atomic mass is 16.5. The van der Waals surface area contributed by atoms with Crippen LogP contribution in [0.1, 0.15) is 58.3 Å². The van der Waals surface area contributed by atoms with Gasteiger partial charge in [-0.25, -0.2) is 0 Å². The minimum atomic E-state index is -0.295. The fraction of sp³-hybridized carbons (Fsp3) is 0.929. The van der Waals surface area contributed by atoms with Gasteiger partial charge in [-0.05, 0) is 38.5 Å². The van der Waals surface area contributed by atoms with Crippen LogP contribution in [0.4, 0.5) is 0 Å². The van der Waals surface area contributed by atoms with Crippen LogP contribution in [0.3, 0.4) is 0 Å². The first-order chi connectivity index (χ1) is 8.28. The molecule has 0 aromatic rings. The van der Waals surface area contributed by atoms with Crippen LogP contribution in [0.2, 0.25) is 0 Å². The van der Waals surface area contributed by atoms with Crippen molar-refractivity contribution in [2.24, 2.45) is 0 Å². The van der Waals surface area contributed by atoms with E-state index in [0.29, 0.717) is 12.1 Å². The SMILES string of the molecule is CCCCOC1CCCC(C#N)(NC2CC2)C1. The van der Waals surface area contributed by atoms with Crippen LogP contribution in [0.5, 0.6) is 0 Å². The summed E-state index contributed by atoms with van der Waals surface area (Å²) in [5, 5.41) is 13.0. The highest BCUT2D eigenvalue weighted by molar-refractivity contribution is 5.12. The van der Waals surface area contributed by atoms with Crippen molar-refractivity contribution in [2.75, 3.05) is 6.61 Å². The van der Waals surface area contributed by atoms with E-state index in [1.807, 2.05) is 0 Å². The molecule has 1 N–H and O–H groups in total. The van der Waals surface area contributed by atoms with Crippen molar-refractivity contribution in [1.29, 1.82) is 5.26 Å². The molecule has 0 aliphatic heterocycles. The molecule has 2 atom stereocenters. The van der Waals surface area contributed by atoms with E-state index in [9.17, 15) is 5.26 Å². The second-order valence-electron chi connectivity index (χ2n) is 5.56. The van der Waals surface area contributed by atoms with Crippen molar-refractivity contribution >= 4 is 0 Å². The van der Waals surface area contributed by atoms with Gasteiger partial charge in [-0.3, -0.25) is 5.32 Å². The molecule has 0 heterocycles. The fourth-order valence-electron chi connectivity index (χ4n) is 2.64. The molecule has 2 aliphatic carbocycles. The Balaban J connectivity index is 1.83. The Morgan fingerprint density at radius 1 is 1.41 bits per heavy atom. The fourth-order valence-corrected chi connectivity index (χ4v) is 2.64. The lowest BCUT2D eigenvalue weighted by Crippen LogP contribution is -2.50. The number of unbranched alkanes of at least 4 members (excludes halogenated alkanes) is 1. The Labute approximate surface area is 105 Å². The van der Waals surface area contributed by atoms with Crippen LogP contribution in [-0.4, -0.2) is 24.3 Å². The Bertz CT molecular complexity index is 282. The first-order valence-electron chi connectivity index (χ1n) is 7.08. The maximum atomic E-state index is 9.44. The highest BCUT2D eigenvalue weighted by Crippen LogP contribution is 2.33. The molecule has 2 saturated carbocycles. The summed E-state index contributed by atoms with van der Waals surface area (Å²) in [5.74, 6) is 0. The van der Waals surface area contributed by atoms with E-state index in [1.165, 1.54) is 19.3 Å². The van der Waals surface area contributed by atoms with Gasteiger partial charge in [0.15, 0.2) is 0 Å². The number of ether oxygens (including phenoxy) is 1. The van der Waals surface area contributed by atoms with E-state index in [2.05, 4.69) is 18.3 Å². The molecular weight excluding hydrogens is 212 g/mol. The Hall–Kier alpha value is -0.590. The van der Waals surface area contributed by atoms with Crippen molar-refractivity contribution in [3.63, 3.8) is 0 Å². The maximum Gasteiger partial charge on any atom is 0.109 e. The summed E-state index contributed by atoms with van der Waals surface area (Å²) >= 11 is 0. The van der Waals surface area contributed by atoms with Gasteiger partial charge in [0.2, 0.25) is 0 Å².